The second-order valence-corrected chi connectivity index (χ2v) is 7.89. The third-order valence-electron chi connectivity index (χ3n) is 5.81. The number of carbonyl (C=O) groups is 1. The average molecular weight is 476 g/mol. The van der Waals surface area contributed by atoms with Crippen LogP contribution < -0.4 is 15.2 Å². The molecule has 0 saturated carbocycles. The van der Waals surface area contributed by atoms with Crippen molar-refractivity contribution in [2.75, 3.05) is 6.61 Å². The average Bonchev–Trinajstić information content (AvgIpc) is 2.78. The van der Waals surface area contributed by atoms with Crippen LogP contribution in [0.15, 0.2) is 54.7 Å². The minimum atomic E-state index is -5.07. The molecule has 1 aliphatic rings. The molecular formula is C24H20F4N2O4. The van der Waals surface area contributed by atoms with E-state index in [-0.39, 0.29) is 24.2 Å². The minimum Gasteiger partial charge on any atom is -0.492 e. The number of primary amides is 1. The lowest BCUT2D eigenvalue weighted by Crippen LogP contribution is -2.38. The Bertz CT molecular complexity index is 1250. The Morgan fingerprint density at radius 3 is 2.65 bits per heavy atom. The summed E-state index contributed by atoms with van der Waals surface area (Å²) in [6, 6.07) is 10.9. The van der Waals surface area contributed by atoms with Gasteiger partial charge < -0.3 is 20.3 Å². The van der Waals surface area contributed by atoms with Crippen LogP contribution in [0, 0.1) is 5.82 Å². The number of aromatic nitrogens is 1. The van der Waals surface area contributed by atoms with Gasteiger partial charge in [0.05, 0.1) is 23.8 Å². The van der Waals surface area contributed by atoms with E-state index >= 15 is 0 Å². The number of nitrogens with zero attached hydrogens (tertiary/aromatic N) is 1. The van der Waals surface area contributed by atoms with Crippen LogP contribution in [0.1, 0.15) is 52.2 Å². The number of hydrogen-bond acceptors (Lipinski definition) is 5. The molecule has 3 N–H and O–H groups in total. The predicted molar refractivity (Wildman–Crippen MR) is 113 cm³/mol. The number of ether oxygens (including phenoxy) is 2. The third-order valence-corrected chi connectivity index (χ3v) is 5.81. The largest absolute Gasteiger partial charge is 0.573 e. The van der Waals surface area contributed by atoms with E-state index in [9.17, 15) is 27.5 Å². The number of pyridine rings is 1. The molecular weight excluding hydrogens is 456 g/mol. The van der Waals surface area contributed by atoms with E-state index in [1.807, 2.05) is 0 Å². The van der Waals surface area contributed by atoms with Gasteiger partial charge in [0.15, 0.2) is 11.6 Å². The summed E-state index contributed by atoms with van der Waals surface area (Å²) in [5, 5.41) is 10.2. The molecule has 2 aromatic carbocycles. The first-order chi connectivity index (χ1) is 16.0. The highest BCUT2D eigenvalue weighted by Crippen LogP contribution is 2.49. The van der Waals surface area contributed by atoms with Crippen LogP contribution >= 0.6 is 0 Å². The van der Waals surface area contributed by atoms with E-state index < -0.39 is 35.4 Å². The van der Waals surface area contributed by atoms with Gasteiger partial charge in [0.2, 0.25) is 5.91 Å². The Kier molecular flexibility index (Phi) is 5.94. The normalized spacial score (nSPS) is 18.5. The van der Waals surface area contributed by atoms with Gasteiger partial charge in [0.1, 0.15) is 5.75 Å². The fourth-order valence-electron chi connectivity index (χ4n) is 4.32. The number of aliphatic hydroxyl groups excluding tert-OH is 1. The Balaban J connectivity index is 2.04. The molecule has 0 unspecified atom stereocenters. The molecule has 2 atom stereocenters. The number of aliphatic hydroxyl groups is 1. The number of carbonyl (C=O) groups excluding carboxylic acids is 1. The van der Waals surface area contributed by atoms with Gasteiger partial charge in [-0.05, 0) is 53.9 Å². The zero-order chi connectivity index (χ0) is 24.7. The molecule has 10 heteroatoms. The Labute approximate surface area is 191 Å². The minimum absolute atomic E-state index is 0.0962. The Morgan fingerprint density at radius 1 is 1.24 bits per heavy atom. The number of benzene rings is 2. The van der Waals surface area contributed by atoms with Gasteiger partial charge in [-0.1, -0.05) is 18.2 Å². The number of alkyl halides is 3. The van der Waals surface area contributed by atoms with Crippen LogP contribution in [0.5, 0.6) is 11.5 Å². The van der Waals surface area contributed by atoms with Crippen LogP contribution in [-0.4, -0.2) is 29.0 Å². The molecule has 0 aliphatic carbocycles. The molecule has 6 nitrogen and oxygen atoms in total. The Hall–Kier alpha value is -3.66. The lowest BCUT2D eigenvalue weighted by molar-refractivity contribution is -0.275. The van der Waals surface area contributed by atoms with Crippen molar-refractivity contribution in [2.24, 2.45) is 5.73 Å². The zero-order valence-corrected chi connectivity index (χ0v) is 17.9. The number of fused-ring (bicyclic) bond motifs is 1. The monoisotopic (exact) mass is 476 g/mol. The molecule has 3 aromatic rings. The van der Waals surface area contributed by atoms with Crippen molar-refractivity contribution in [3.05, 3.63) is 88.5 Å². The molecule has 1 aromatic heterocycles. The molecule has 34 heavy (non-hydrogen) atoms. The van der Waals surface area contributed by atoms with Gasteiger partial charge in [0.25, 0.3) is 0 Å². The van der Waals surface area contributed by atoms with Crippen LogP contribution in [0.4, 0.5) is 17.6 Å². The van der Waals surface area contributed by atoms with E-state index in [1.165, 1.54) is 25.3 Å². The van der Waals surface area contributed by atoms with Crippen molar-refractivity contribution < 1.29 is 36.9 Å². The van der Waals surface area contributed by atoms with Gasteiger partial charge in [-0.2, -0.15) is 0 Å². The molecule has 0 fully saturated rings. The summed E-state index contributed by atoms with van der Waals surface area (Å²) < 4.78 is 62.4. The topological polar surface area (TPSA) is 94.7 Å². The molecule has 0 bridgehead atoms. The predicted octanol–water partition coefficient (Wildman–Crippen LogP) is 4.39. The van der Waals surface area contributed by atoms with Gasteiger partial charge in [-0.3, -0.25) is 9.78 Å². The highest BCUT2D eigenvalue weighted by molar-refractivity contribution is 5.95. The summed E-state index contributed by atoms with van der Waals surface area (Å²) in [6.07, 6.45) is -4.32. The number of amides is 1. The van der Waals surface area contributed by atoms with Gasteiger partial charge in [0, 0.05) is 18.2 Å². The highest BCUT2D eigenvalue weighted by atomic mass is 19.4. The molecule has 1 amide bonds. The maximum Gasteiger partial charge on any atom is 0.573 e. The molecule has 1 aliphatic heterocycles. The number of rotatable bonds is 5. The maximum atomic E-state index is 14.9. The summed E-state index contributed by atoms with van der Waals surface area (Å²) in [4.78, 5) is 16.8. The van der Waals surface area contributed by atoms with E-state index in [0.717, 1.165) is 12.1 Å². The lowest BCUT2D eigenvalue weighted by atomic mass is 9.66. The molecule has 0 spiro atoms. The maximum absolute atomic E-state index is 14.9. The van der Waals surface area contributed by atoms with Crippen molar-refractivity contribution in [1.82, 2.24) is 4.98 Å². The molecule has 2 heterocycles. The summed E-state index contributed by atoms with van der Waals surface area (Å²) in [7, 11) is 0. The van der Waals surface area contributed by atoms with Crippen LogP contribution in [0.25, 0.3) is 0 Å². The summed E-state index contributed by atoms with van der Waals surface area (Å²) in [5.74, 6) is -2.64. The molecule has 0 saturated heterocycles. The lowest BCUT2D eigenvalue weighted by Gasteiger charge is -2.40. The summed E-state index contributed by atoms with van der Waals surface area (Å²) >= 11 is 0. The second-order valence-electron chi connectivity index (χ2n) is 7.89. The van der Waals surface area contributed by atoms with Crippen molar-refractivity contribution in [2.45, 2.75) is 31.2 Å². The number of nitrogens with two attached hydrogens (primary N) is 1. The van der Waals surface area contributed by atoms with Gasteiger partial charge >= 0.3 is 6.36 Å². The van der Waals surface area contributed by atoms with Crippen molar-refractivity contribution >= 4 is 5.91 Å². The highest BCUT2D eigenvalue weighted by Gasteiger charge is 2.45. The van der Waals surface area contributed by atoms with Crippen molar-refractivity contribution in [3.63, 3.8) is 0 Å². The van der Waals surface area contributed by atoms with Gasteiger partial charge in [-0.15, -0.1) is 13.2 Å². The molecule has 178 valence electrons. The van der Waals surface area contributed by atoms with Crippen LogP contribution in [-0.2, 0) is 5.41 Å². The van der Waals surface area contributed by atoms with Gasteiger partial charge in [-0.25, -0.2) is 4.39 Å². The number of halogens is 4. The van der Waals surface area contributed by atoms with E-state index in [1.54, 1.807) is 24.3 Å². The zero-order valence-electron chi connectivity index (χ0n) is 17.9. The first-order valence-corrected chi connectivity index (χ1v) is 10.3. The molecule has 4 rings (SSSR count). The Morgan fingerprint density at radius 2 is 2.00 bits per heavy atom. The van der Waals surface area contributed by atoms with Crippen LogP contribution in [0.3, 0.4) is 0 Å². The fraction of sp³-hybridized carbons (Fsp3) is 0.250. The van der Waals surface area contributed by atoms with E-state index in [2.05, 4.69) is 9.72 Å². The SMILES string of the molecule is C[C@@H](O)c1ccc(C(N)=O)c([C@@]2(c3ccc(OC(F)(F)F)c(F)c3)CCOc3cccnc32)c1. The standard InChI is InChI=1S/C24H20F4N2O4/c1-13(31)14-4-6-16(22(29)32)17(11-14)23(8-10-33-20-3-2-9-30-21(20)23)15-5-7-19(18(25)12-15)34-24(26,27)28/h2-7,9,11-13,31H,8,10H2,1H3,(H2,29,32)/t13-,23+/m1/s1. The number of hydrogen-bond donors (Lipinski definition) is 2. The first-order valence-electron chi connectivity index (χ1n) is 10.3. The third kappa shape index (κ3) is 4.16. The van der Waals surface area contributed by atoms with Crippen LogP contribution in [0.2, 0.25) is 0 Å². The second kappa shape index (κ2) is 8.60. The quantitative estimate of drug-likeness (QED) is 0.533. The van der Waals surface area contributed by atoms with Crippen molar-refractivity contribution in [3.8, 4) is 11.5 Å². The van der Waals surface area contributed by atoms with E-state index in [0.29, 0.717) is 22.6 Å². The fourth-order valence-corrected chi connectivity index (χ4v) is 4.32. The van der Waals surface area contributed by atoms with E-state index in [4.69, 9.17) is 10.5 Å². The molecule has 0 radical (unpaired) electrons. The first kappa shape index (κ1) is 23.5. The summed E-state index contributed by atoms with van der Waals surface area (Å²) in [5.41, 5.74) is 5.76. The van der Waals surface area contributed by atoms with Crippen molar-refractivity contribution in [1.29, 1.82) is 0 Å². The smallest absolute Gasteiger partial charge is 0.492 e. The summed E-state index contributed by atoms with van der Waals surface area (Å²) in [6.45, 7) is 1.67.